The van der Waals surface area contributed by atoms with E-state index in [0.717, 1.165) is 33.4 Å². The average Bonchev–Trinajstić information content (AvgIpc) is 3.33. The molecule has 1 saturated heterocycles. The summed E-state index contributed by atoms with van der Waals surface area (Å²) in [5.41, 5.74) is 5.53. The minimum absolute atomic E-state index is 0.0792. The van der Waals surface area contributed by atoms with Crippen molar-refractivity contribution in [3.8, 4) is 0 Å². The highest BCUT2D eigenvalue weighted by atomic mass is 16.2. The molecule has 1 N–H and O–H groups in total. The van der Waals surface area contributed by atoms with Crippen LogP contribution in [0.3, 0.4) is 0 Å². The number of carbonyl (C=O) groups excluding carboxylic acids is 3. The number of amides is 3. The second-order valence-corrected chi connectivity index (χ2v) is 8.84. The van der Waals surface area contributed by atoms with Crippen LogP contribution in [0.25, 0.3) is 11.0 Å². The van der Waals surface area contributed by atoms with Crippen LogP contribution < -0.4 is 5.32 Å². The van der Waals surface area contributed by atoms with Crippen LogP contribution in [0, 0.1) is 13.8 Å². The van der Waals surface area contributed by atoms with Crippen molar-refractivity contribution in [2.24, 2.45) is 0 Å². The molecule has 3 amide bonds. The monoisotopic (exact) mass is 447 g/mol. The van der Waals surface area contributed by atoms with E-state index in [1.54, 1.807) is 12.1 Å². The Morgan fingerprint density at radius 3 is 2.39 bits per heavy atom. The van der Waals surface area contributed by atoms with Gasteiger partial charge in [-0.1, -0.05) is 12.1 Å². The Morgan fingerprint density at radius 1 is 1.09 bits per heavy atom. The molecule has 1 aliphatic rings. The van der Waals surface area contributed by atoms with Gasteiger partial charge in [0.1, 0.15) is 0 Å². The van der Waals surface area contributed by atoms with E-state index in [4.69, 9.17) is 4.98 Å². The molecule has 0 atom stereocenters. The fourth-order valence-electron chi connectivity index (χ4n) is 4.28. The quantitative estimate of drug-likeness (QED) is 0.555. The number of fused-ring (bicyclic) bond motifs is 1. The zero-order valence-corrected chi connectivity index (χ0v) is 19.5. The molecule has 0 bridgehead atoms. The minimum atomic E-state index is -0.132. The first kappa shape index (κ1) is 22.6. The molecule has 1 fully saturated rings. The maximum atomic E-state index is 12.6. The van der Waals surface area contributed by atoms with Gasteiger partial charge in [-0.3, -0.25) is 19.3 Å². The number of hydrogen-bond acceptors (Lipinski definition) is 5. The average molecular weight is 448 g/mol. The molecule has 0 unspecified atom stereocenters. The predicted molar refractivity (Wildman–Crippen MR) is 126 cm³/mol. The van der Waals surface area contributed by atoms with Crippen molar-refractivity contribution in [3.63, 3.8) is 0 Å². The van der Waals surface area contributed by atoms with Gasteiger partial charge >= 0.3 is 0 Å². The molecule has 8 heteroatoms. The Balaban J connectivity index is 1.38. The van der Waals surface area contributed by atoms with E-state index in [0.29, 0.717) is 18.5 Å². The highest BCUT2D eigenvalue weighted by Crippen LogP contribution is 2.25. The molecule has 2 aromatic heterocycles. The van der Waals surface area contributed by atoms with Gasteiger partial charge in [-0.15, -0.1) is 0 Å². The van der Waals surface area contributed by atoms with Crippen LogP contribution in [-0.4, -0.2) is 37.4 Å². The van der Waals surface area contributed by atoms with Crippen LogP contribution in [-0.2, 0) is 27.3 Å². The Labute approximate surface area is 193 Å². The number of pyridine rings is 1. The summed E-state index contributed by atoms with van der Waals surface area (Å²) >= 11 is 0. The summed E-state index contributed by atoms with van der Waals surface area (Å²) in [4.78, 5) is 42.2. The van der Waals surface area contributed by atoms with Gasteiger partial charge in [0.2, 0.25) is 17.7 Å². The number of anilines is 1. The number of aromatic nitrogens is 3. The molecule has 1 aromatic carbocycles. The SMILES string of the molecule is Cc1nc2c(cnn2C(C)C)c(C)c1CCC(=O)Nc1ccc(CN2C(=O)CCC2=O)cc1. The minimum Gasteiger partial charge on any atom is -0.326 e. The molecule has 3 aromatic rings. The van der Waals surface area contributed by atoms with Gasteiger partial charge in [-0.25, -0.2) is 9.67 Å². The summed E-state index contributed by atoms with van der Waals surface area (Å²) < 4.78 is 1.92. The molecule has 1 aliphatic heterocycles. The van der Waals surface area contributed by atoms with Crippen molar-refractivity contribution in [1.29, 1.82) is 0 Å². The van der Waals surface area contributed by atoms with Gasteiger partial charge in [-0.05, 0) is 62.9 Å². The van der Waals surface area contributed by atoms with Crippen LogP contribution in [0.1, 0.15) is 61.5 Å². The maximum absolute atomic E-state index is 12.6. The van der Waals surface area contributed by atoms with Crippen LogP contribution in [0.15, 0.2) is 30.5 Å². The van der Waals surface area contributed by atoms with E-state index in [1.807, 2.05) is 29.9 Å². The summed E-state index contributed by atoms with van der Waals surface area (Å²) in [7, 11) is 0. The number of benzene rings is 1. The smallest absolute Gasteiger partial charge is 0.229 e. The highest BCUT2D eigenvalue weighted by molar-refractivity contribution is 6.01. The standard InChI is InChI=1S/C25H29N5O3/c1-15(2)30-25-21(13-26-30)16(3)20(17(4)27-25)9-10-22(31)28-19-7-5-18(6-8-19)14-29-23(32)11-12-24(29)33/h5-8,13,15H,9-12,14H2,1-4H3,(H,28,31). The molecular formula is C25H29N5O3. The normalized spacial score (nSPS) is 14.0. The third-order valence-corrected chi connectivity index (χ3v) is 6.16. The maximum Gasteiger partial charge on any atom is 0.229 e. The topological polar surface area (TPSA) is 97.2 Å². The number of nitrogens with zero attached hydrogens (tertiary/aromatic N) is 4. The van der Waals surface area contributed by atoms with E-state index >= 15 is 0 Å². The summed E-state index contributed by atoms with van der Waals surface area (Å²) in [6.07, 6.45) is 3.36. The lowest BCUT2D eigenvalue weighted by Crippen LogP contribution is -2.28. The number of rotatable bonds is 7. The first-order valence-electron chi connectivity index (χ1n) is 11.3. The van der Waals surface area contributed by atoms with Crippen LogP contribution in [0.4, 0.5) is 5.69 Å². The second kappa shape index (κ2) is 9.13. The van der Waals surface area contributed by atoms with Crippen LogP contribution in [0.5, 0.6) is 0 Å². The number of nitrogens with one attached hydrogen (secondary N) is 1. The van der Waals surface area contributed by atoms with Crippen LogP contribution in [0.2, 0.25) is 0 Å². The third-order valence-electron chi connectivity index (χ3n) is 6.16. The predicted octanol–water partition coefficient (Wildman–Crippen LogP) is 3.85. The first-order chi connectivity index (χ1) is 15.7. The van der Waals surface area contributed by atoms with Gasteiger partial charge in [0.25, 0.3) is 0 Å². The van der Waals surface area contributed by atoms with E-state index in [1.165, 1.54) is 4.90 Å². The number of aryl methyl sites for hydroxylation is 2. The molecule has 4 rings (SSSR count). The molecule has 0 radical (unpaired) electrons. The Bertz CT molecular complexity index is 1210. The van der Waals surface area contributed by atoms with Gasteiger partial charge in [0, 0.05) is 42.1 Å². The number of hydrogen-bond donors (Lipinski definition) is 1. The van der Waals surface area contributed by atoms with E-state index in [-0.39, 0.29) is 43.1 Å². The molecule has 8 nitrogen and oxygen atoms in total. The van der Waals surface area contributed by atoms with E-state index in [9.17, 15) is 14.4 Å². The third kappa shape index (κ3) is 4.65. The summed E-state index contributed by atoms with van der Waals surface area (Å²) in [5.74, 6) is -0.344. The van der Waals surface area contributed by atoms with Crippen LogP contribution >= 0.6 is 0 Å². The molecule has 172 valence electrons. The molecule has 0 aliphatic carbocycles. The summed E-state index contributed by atoms with van der Waals surface area (Å²) in [6, 6.07) is 7.47. The molecule has 0 saturated carbocycles. The fourth-order valence-corrected chi connectivity index (χ4v) is 4.28. The van der Waals surface area contributed by atoms with Crippen molar-refractivity contribution in [2.75, 3.05) is 5.32 Å². The number of likely N-dealkylation sites (tertiary alicyclic amines) is 1. The molecule has 3 heterocycles. The first-order valence-corrected chi connectivity index (χ1v) is 11.3. The lowest BCUT2D eigenvalue weighted by atomic mass is 10.0. The van der Waals surface area contributed by atoms with Crippen molar-refractivity contribution >= 4 is 34.4 Å². The van der Waals surface area contributed by atoms with Gasteiger partial charge in [-0.2, -0.15) is 5.10 Å². The lowest BCUT2D eigenvalue weighted by molar-refractivity contribution is -0.139. The Kier molecular flexibility index (Phi) is 6.26. The van der Waals surface area contributed by atoms with Crippen molar-refractivity contribution in [2.45, 2.75) is 66.0 Å². The molecule has 0 spiro atoms. The van der Waals surface area contributed by atoms with E-state index in [2.05, 4.69) is 31.2 Å². The summed E-state index contributed by atoms with van der Waals surface area (Å²) in [5, 5.41) is 8.42. The Hall–Kier alpha value is -3.55. The number of carbonyl (C=O) groups is 3. The van der Waals surface area contributed by atoms with Crippen molar-refractivity contribution in [3.05, 3.63) is 52.8 Å². The molecular weight excluding hydrogens is 418 g/mol. The van der Waals surface area contributed by atoms with Gasteiger partial charge < -0.3 is 5.32 Å². The van der Waals surface area contributed by atoms with Gasteiger partial charge in [0.15, 0.2) is 5.65 Å². The zero-order valence-electron chi connectivity index (χ0n) is 19.5. The molecule has 33 heavy (non-hydrogen) atoms. The summed E-state index contributed by atoms with van der Waals surface area (Å²) in [6.45, 7) is 8.47. The number of imide groups is 1. The second-order valence-electron chi connectivity index (χ2n) is 8.84. The fraction of sp³-hybridized carbons (Fsp3) is 0.400. The Morgan fingerprint density at radius 2 is 1.76 bits per heavy atom. The largest absolute Gasteiger partial charge is 0.326 e. The van der Waals surface area contributed by atoms with Gasteiger partial charge in [0.05, 0.1) is 12.7 Å². The van der Waals surface area contributed by atoms with E-state index < -0.39 is 0 Å². The highest BCUT2D eigenvalue weighted by Gasteiger charge is 2.28. The van der Waals surface area contributed by atoms with Crippen molar-refractivity contribution < 1.29 is 14.4 Å². The zero-order chi connectivity index (χ0) is 23.7. The van der Waals surface area contributed by atoms with Crippen molar-refractivity contribution in [1.82, 2.24) is 19.7 Å². The lowest BCUT2D eigenvalue weighted by Gasteiger charge is -2.14.